The summed E-state index contributed by atoms with van der Waals surface area (Å²) >= 11 is 0. The van der Waals surface area contributed by atoms with E-state index in [0.29, 0.717) is 12.9 Å². The zero-order valence-electron chi connectivity index (χ0n) is 9.40. The van der Waals surface area contributed by atoms with Gasteiger partial charge >= 0.3 is 0 Å². The Bertz CT molecular complexity index is 352. The van der Waals surface area contributed by atoms with Crippen molar-refractivity contribution < 1.29 is 18.7 Å². The van der Waals surface area contributed by atoms with Gasteiger partial charge < -0.3 is 14.3 Å². The SMILES string of the molecule is COc1ccc([C@H](C)COCC=O)cc1F. The van der Waals surface area contributed by atoms with Crippen LogP contribution in [0.2, 0.25) is 0 Å². The maximum atomic E-state index is 13.4. The van der Waals surface area contributed by atoms with Crippen LogP contribution in [0.15, 0.2) is 18.2 Å². The highest BCUT2D eigenvalue weighted by atomic mass is 19.1. The number of methoxy groups -OCH3 is 1. The lowest BCUT2D eigenvalue weighted by Crippen LogP contribution is -2.06. The van der Waals surface area contributed by atoms with Crippen molar-refractivity contribution >= 4 is 6.29 Å². The summed E-state index contributed by atoms with van der Waals surface area (Å²) in [6, 6.07) is 4.80. The summed E-state index contributed by atoms with van der Waals surface area (Å²) in [6.45, 7) is 2.37. The molecule has 0 aliphatic heterocycles. The molecule has 0 amide bonds. The summed E-state index contributed by atoms with van der Waals surface area (Å²) in [4.78, 5) is 10.1. The molecular weight excluding hydrogens is 211 g/mol. The van der Waals surface area contributed by atoms with E-state index in [2.05, 4.69) is 0 Å². The Morgan fingerprint density at radius 3 is 2.81 bits per heavy atom. The first-order valence-electron chi connectivity index (χ1n) is 5.03. The monoisotopic (exact) mass is 226 g/mol. The summed E-state index contributed by atoms with van der Waals surface area (Å²) in [5.41, 5.74) is 0.823. The van der Waals surface area contributed by atoms with E-state index in [1.165, 1.54) is 13.2 Å². The maximum Gasteiger partial charge on any atom is 0.165 e. The number of carbonyl (C=O) groups excluding carboxylic acids is 1. The Morgan fingerprint density at radius 2 is 2.25 bits per heavy atom. The zero-order valence-corrected chi connectivity index (χ0v) is 9.40. The van der Waals surface area contributed by atoms with Crippen molar-refractivity contribution in [1.29, 1.82) is 0 Å². The second kappa shape index (κ2) is 6.23. The van der Waals surface area contributed by atoms with E-state index in [-0.39, 0.29) is 24.1 Å². The lowest BCUT2D eigenvalue weighted by molar-refractivity contribution is -0.111. The van der Waals surface area contributed by atoms with Crippen LogP contribution in [0.5, 0.6) is 5.75 Å². The zero-order chi connectivity index (χ0) is 12.0. The van der Waals surface area contributed by atoms with E-state index >= 15 is 0 Å². The largest absolute Gasteiger partial charge is 0.494 e. The normalized spacial score (nSPS) is 12.2. The molecule has 0 N–H and O–H groups in total. The Morgan fingerprint density at radius 1 is 1.50 bits per heavy atom. The van der Waals surface area contributed by atoms with Crippen LogP contribution in [0.3, 0.4) is 0 Å². The van der Waals surface area contributed by atoms with Crippen molar-refractivity contribution in [3.05, 3.63) is 29.6 Å². The lowest BCUT2D eigenvalue weighted by Gasteiger charge is -2.12. The molecule has 4 heteroatoms. The molecule has 0 unspecified atom stereocenters. The minimum Gasteiger partial charge on any atom is -0.494 e. The number of ether oxygens (including phenoxy) is 2. The van der Waals surface area contributed by atoms with E-state index in [0.717, 1.165) is 5.56 Å². The maximum absolute atomic E-state index is 13.4. The molecule has 16 heavy (non-hydrogen) atoms. The predicted molar refractivity (Wildman–Crippen MR) is 58.3 cm³/mol. The van der Waals surface area contributed by atoms with Crippen molar-refractivity contribution in [2.45, 2.75) is 12.8 Å². The van der Waals surface area contributed by atoms with Crippen LogP contribution in [0.25, 0.3) is 0 Å². The minimum atomic E-state index is -0.387. The minimum absolute atomic E-state index is 0.0420. The molecule has 0 radical (unpaired) electrons. The van der Waals surface area contributed by atoms with Crippen LogP contribution in [-0.4, -0.2) is 26.6 Å². The number of benzene rings is 1. The molecule has 0 saturated carbocycles. The lowest BCUT2D eigenvalue weighted by atomic mass is 10.0. The third-order valence-corrected chi connectivity index (χ3v) is 2.30. The molecule has 0 saturated heterocycles. The van der Waals surface area contributed by atoms with Gasteiger partial charge in [0.1, 0.15) is 12.9 Å². The van der Waals surface area contributed by atoms with Crippen LogP contribution in [0.1, 0.15) is 18.4 Å². The number of halogens is 1. The third kappa shape index (κ3) is 3.31. The first-order valence-corrected chi connectivity index (χ1v) is 5.03. The quantitative estimate of drug-likeness (QED) is 0.550. The molecule has 3 nitrogen and oxygen atoms in total. The van der Waals surface area contributed by atoms with Crippen molar-refractivity contribution in [2.24, 2.45) is 0 Å². The fraction of sp³-hybridized carbons (Fsp3) is 0.417. The number of rotatable bonds is 6. The molecule has 0 aliphatic rings. The van der Waals surface area contributed by atoms with Crippen LogP contribution >= 0.6 is 0 Å². The molecule has 1 rings (SSSR count). The fourth-order valence-corrected chi connectivity index (χ4v) is 1.38. The molecule has 1 aromatic rings. The Labute approximate surface area is 94.2 Å². The van der Waals surface area contributed by atoms with E-state index in [1.807, 2.05) is 6.92 Å². The molecule has 1 atom stereocenters. The van der Waals surface area contributed by atoms with Crippen LogP contribution < -0.4 is 4.74 Å². The average Bonchev–Trinajstić information content (AvgIpc) is 2.29. The Balaban J connectivity index is 2.65. The molecule has 0 aromatic heterocycles. The summed E-state index contributed by atoms with van der Waals surface area (Å²) in [5.74, 6) is -0.118. The fourth-order valence-electron chi connectivity index (χ4n) is 1.38. The average molecular weight is 226 g/mol. The van der Waals surface area contributed by atoms with E-state index in [4.69, 9.17) is 9.47 Å². The highest BCUT2D eigenvalue weighted by Gasteiger charge is 2.09. The number of hydrogen-bond donors (Lipinski definition) is 0. The van der Waals surface area contributed by atoms with Gasteiger partial charge in [0.2, 0.25) is 0 Å². The van der Waals surface area contributed by atoms with E-state index < -0.39 is 0 Å². The summed E-state index contributed by atoms with van der Waals surface area (Å²) in [5, 5.41) is 0. The number of aldehydes is 1. The second-order valence-electron chi connectivity index (χ2n) is 3.50. The van der Waals surface area contributed by atoms with Gasteiger partial charge in [0.15, 0.2) is 11.6 Å². The number of hydrogen-bond acceptors (Lipinski definition) is 3. The van der Waals surface area contributed by atoms with Gasteiger partial charge in [-0.3, -0.25) is 0 Å². The standard InChI is InChI=1S/C12H15FO3/c1-9(8-16-6-5-14)10-3-4-12(15-2)11(13)7-10/h3-5,7,9H,6,8H2,1-2H3/t9-/m1/s1. The van der Waals surface area contributed by atoms with E-state index in [9.17, 15) is 9.18 Å². The highest BCUT2D eigenvalue weighted by Crippen LogP contribution is 2.22. The molecule has 1 aromatic carbocycles. The second-order valence-corrected chi connectivity index (χ2v) is 3.50. The van der Waals surface area contributed by atoms with Gasteiger partial charge in [-0.15, -0.1) is 0 Å². The first-order chi connectivity index (χ1) is 7.69. The van der Waals surface area contributed by atoms with Crippen molar-refractivity contribution in [1.82, 2.24) is 0 Å². The highest BCUT2D eigenvalue weighted by molar-refractivity contribution is 5.50. The Hall–Kier alpha value is -1.42. The van der Waals surface area contributed by atoms with Gasteiger partial charge in [-0.2, -0.15) is 0 Å². The van der Waals surface area contributed by atoms with Gasteiger partial charge in [0.25, 0.3) is 0 Å². The molecule has 0 bridgehead atoms. The first kappa shape index (κ1) is 12.6. The topological polar surface area (TPSA) is 35.5 Å². The summed E-state index contributed by atoms with van der Waals surface area (Å²) < 4.78 is 23.3. The van der Waals surface area contributed by atoms with Gasteiger partial charge in [-0.05, 0) is 17.7 Å². The van der Waals surface area contributed by atoms with Crippen LogP contribution in [0.4, 0.5) is 4.39 Å². The van der Waals surface area contributed by atoms with Gasteiger partial charge in [0, 0.05) is 5.92 Å². The molecule has 0 spiro atoms. The van der Waals surface area contributed by atoms with Crippen LogP contribution in [-0.2, 0) is 9.53 Å². The third-order valence-electron chi connectivity index (χ3n) is 2.30. The smallest absolute Gasteiger partial charge is 0.165 e. The van der Waals surface area contributed by atoms with Crippen molar-refractivity contribution in [3.8, 4) is 5.75 Å². The molecule has 0 aliphatic carbocycles. The Kier molecular flexibility index (Phi) is 4.92. The van der Waals surface area contributed by atoms with Gasteiger partial charge in [0.05, 0.1) is 13.7 Å². The van der Waals surface area contributed by atoms with Crippen molar-refractivity contribution in [2.75, 3.05) is 20.3 Å². The van der Waals surface area contributed by atoms with E-state index in [1.54, 1.807) is 12.1 Å². The van der Waals surface area contributed by atoms with Crippen LogP contribution in [0, 0.1) is 5.82 Å². The molecule has 0 fully saturated rings. The molecule has 88 valence electrons. The number of carbonyl (C=O) groups is 1. The van der Waals surface area contributed by atoms with Crippen molar-refractivity contribution in [3.63, 3.8) is 0 Å². The molecule has 0 heterocycles. The van der Waals surface area contributed by atoms with Gasteiger partial charge in [-0.25, -0.2) is 4.39 Å². The predicted octanol–water partition coefficient (Wildman–Crippen LogP) is 2.15. The van der Waals surface area contributed by atoms with Gasteiger partial charge in [-0.1, -0.05) is 13.0 Å². The summed E-state index contributed by atoms with van der Waals surface area (Å²) in [6.07, 6.45) is 0.696. The molecular formula is C12H15FO3. The summed E-state index contributed by atoms with van der Waals surface area (Å²) in [7, 11) is 1.43.